The molecule has 3 aliphatic rings. The van der Waals surface area contributed by atoms with Crippen LogP contribution in [0.25, 0.3) is 5.70 Å². The maximum absolute atomic E-state index is 5.14. The Morgan fingerprint density at radius 3 is 2.58 bits per heavy atom. The first-order valence-corrected chi connectivity index (χ1v) is 11.6. The Hall–Kier alpha value is -2.88. The van der Waals surface area contributed by atoms with Crippen LogP contribution in [-0.2, 0) is 0 Å². The molecule has 1 aromatic carbocycles. The van der Waals surface area contributed by atoms with Gasteiger partial charge < -0.3 is 9.80 Å². The molecule has 0 amide bonds. The number of nitrogens with zero attached hydrogens (tertiary/aromatic N) is 4. The molecule has 1 saturated heterocycles. The van der Waals surface area contributed by atoms with Gasteiger partial charge in [-0.15, -0.1) is 0 Å². The summed E-state index contributed by atoms with van der Waals surface area (Å²) in [5, 5.41) is 0. The van der Waals surface area contributed by atoms with Crippen molar-refractivity contribution < 1.29 is 0 Å². The molecule has 1 saturated carbocycles. The third-order valence-corrected chi connectivity index (χ3v) is 6.93. The van der Waals surface area contributed by atoms with Gasteiger partial charge >= 0.3 is 0 Å². The van der Waals surface area contributed by atoms with Crippen molar-refractivity contribution >= 4 is 17.1 Å². The lowest BCUT2D eigenvalue weighted by atomic mass is 9.87. The van der Waals surface area contributed by atoms with Crippen molar-refractivity contribution in [2.24, 2.45) is 16.8 Å². The SMILES string of the molecule is C=C1C=C(N2CCC(C(=NCCC3CC3)c3ccccc3)CC2)c2ncccc2N1C. The van der Waals surface area contributed by atoms with Crippen molar-refractivity contribution in [3.63, 3.8) is 0 Å². The number of fused-ring (bicyclic) bond motifs is 1. The van der Waals surface area contributed by atoms with Crippen molar-refractivity contribution in [1.29, 1.82) is 0 Å². The molecule has 0 N–H and O–H groups in total. The highest BCUT2D eigenvalue weighted by Crippen LogP contribution is 2.37. The lowest BCUT2D eigenvalue weighted by Crippen LogP contribution is -2.37. The standard InChI is InChI=1S/C27H32N4/c1-20-19-25(27-24(30(20)2)9-6-15-28-27)31-17-13-23(14-18-31)26(22-7-4-3-5-8-22)29-16-12-21-10-11-21/h3-9,15,19,21,23H,1,10-14,16-18H2,2H3. The molecule has 2 aliphatic heterocycles. The minimum atomic E-state index is 0.524. The van der Waals surface area contributed by atoms with E-state index in [0.29, 0.717) is 5.92 Å². The molecular formula is C27H32N4. The van der Waals surface area contributed by atoms with E-state index in [1.165, 1.54) is 36.2 Å². The number of allylic oxidation sites excluding steroid dienone is 1. The van der Waals surface area contributed by atoms with Crippen LogP contribution in [0.2, 0.25) is 0 Å². The zero-order chi connectivity index (χ0) is 21.2. The maximum atomic E-state index is 5.14. The van der Waals surface area contributed by atoms with E-state index < -0.39 is 0 Å². The number of likely N-dealkylation sites (tertiary alicyclic amines) is 1. The molecule has 0 atom stereocenters. The number of aliphatic imine (C=N–C) groups is 1. The van der Waals surface area contributed by atoms with Crippen LogP contribution in [0.1, 0.15) is 43.4 Å². The van der Waals surface area contributed by atoms with Gasteiger partial charge in [0.15, 0.2) is 0 Å². The van der Waals surface area contributed by atoms with E-state index in [-0.39, 0.29) is 0 Å². The van der Waals surface area contributed by atoms with E-state index in [2.05, 4.69) is 65.9 Å². The van der Waals surface area contributed by atoms with Gasteiger partial charge in [0.1, 0.15) is 5.69 Å². The van der Waals surface area contributed by atoms with Gasteiger partial charge in [-0.3, -0.25) is 9.98 Å². The van der Waals surface area contributed by atoms with E-state index in [1.54, 1.807) is 0 Å². The third kappa shape index (κ3) is 4.30. The number of likely N-dealkylation sites (N-methyl/N-ethyl adjacent to an activating group) is 1. The minimum absolute atomic E-state index is 0.524. The van der Waals surface area contributed by atoms with E-state index >= 15 is 0 Å². The summed E-state index contributed by atoms with van der Waals surface area (Å²) in [5.41, 5.74) is 7.06. The van der Waals surface area contributed by atoms with Crippen molar-refractivity contribution in [3.05, 3.63) is 78.3 Å². The van der Waals surface area contributed by atoms with Crippen LogP contribution in [0, 0.1) is 11.8 Å². The van der Waals surface area contributed by atoms with Crippen LogP contribution in [0.5, 0.6) is 0 Å². The second-order valence-electron chi connectivity index (χ2n) is 9.08. The molecule has 0 unspecified atom stereocenters. The smallest absolute Gasteiger partial charge is 0.110 e. The number of anilines is 1. The van der Waals surface area contributed by atoms with Crippen LogP contribution >= 0.6 is 0 Å². The van der Waals surface area contributed by atoms with Crippen LogP contribution in [0.4, 0.5) is 5.69 Å². The molecule has 4 heteroatoms. The molecular weight excluding hydrogens is 380 g/mol. The van der Waals surface area contributed by atoms with Gasteiger partial charge in [0.05, 0.1) is 11.4 Å². The fraction of sp³-hybridized carbons (Fsp3) is 0.407. The predicted molar refractivity (Wildman–Crippen MR) is 129 cm³/mol. The molecule has 0 radical (unpaired) electrons. The summed E-state index contributed by atoms with van der Waals surface area (Å²) in [5.74, 6) is 1.45. The second-order valence-corrected chi connectivity index (χ2v) is 9.08. The fourth-order valence-electron chi connectivity index (χ4n) is 4.82. The minimum Gasteiger partial charge on any atom is -0.370 e. The predicted octanol–water partition coefficient (Wildman–Crippen LogP) is 5.39. The first kappa shape index (κ1) is 20.0. The van der Waals surface area contributed by atoms with Gasteiger partial charge in [-0.05, 0) is 49.0 Å². The summed E-state index contributed by atoms with van der Waals surface area (Å²) in [6.07, 6.45) is 10.4. The van der Waals surface area contributed by atoms with E-state index in [9.17, 15) is 0 Å². The van der Waals surface area contributed by atoms with Gasteiger partial charge in [-0.1, -0.05) is 49.8 Å². The first-order chi connectivity index (χ1) is 15.2. The fourth-order valence-corrected chi connectivity index (χ4v) is 4.82. The summed E-state index contributed by atoms with van der Waals surface area (Å²) in [6.45, 7) is 7.28. The Kier molecular flexibility index (Phi) is 5.63. The van der Waals surface area contributed by atoms with Gasteiger partial charge in [-0.25, -0.2) is 0 Å². The van der Waals surface area contributed by atoms with Crippen LogP contribution < -0.4 is 4.90 Å². The van der Waals surface area contributed by atoms with E-state index in [4.69, 9.17) is 9.98 Å². The highest BCUT2D eigenvalue weighted by molar-refractivity contribution is 6.02. The number of hydrogen-bond acceptors (Lipinski definition) is 4. The lowest BCUT2D eigenvalue weighted by Gasteiger charge is -2.38. The monoisotopic (exact) mass is 412 g/mol. The molecule has 4 nitrogen and oxygen atoms in total. The molecule has 1 aromatic heterocycles. The van der Waals surface area contributed by atoms with Crippen molar-refractivity contribution in [3.8, 4) is 0 Å². The molecule has 160 valence electrons. The van der Waals surface area contributed by atoms with E-state index in [0.717, 1.165) is 55.5 Å². The van der Waals surface area contributed by atoms with Gasteiger partial charge in [-0.2, -0.15) is 0 Å². The lowest BCUT2D eigenvalue weighted by molar-refractivity contribution is 0.294. The number of rotatable bonds is 6. The second kappa shape index (κ2) is 8.70. The third-order valence-electron chi connectivity index (χ3n) is 6.93. The van der Waals surface area contributed by atoms with Gasteiger partial charge in [0.25, 0.3) is 0 Å². The Morgan fingerprint density at radius 2 is 1.84 bits per heavy atom. The number of piperidine rings is 1. The van der Waals surface area contributed by atoms with Crippen molar-refractivity contribution in [2.75, 3.05) is 31.6 Å². The Labute approximate surface area is 186 Å². The zero-order valence-electron chi connectivity index (χ0n) is 18.5. The summed E-state index contributed by atoms with van der Waals surface area (Å²) in [7, 11) is 2.06. The van der Waals surface area contributed by atoms with Crippen molar-refractivity contribution in [2.45, 2.75) is 32.1 Å². The molecule has 2 aromatic rings. The average molecular weight is 413 g/mol. The highest BCUT2D eigenvalue weighted by atomic mass is 15.2. The molecule has 2 fully saturated rings. The molecule has 5 rings (SSSR count). The normalized spacial score (nSPS) is 20.0. The topological polar surface area (TPSA) is 31.7 Å². The Balaban J connectivity index is 1.33. The molecule has 0 spiro atoms. The van der Waals surface area contributed by atoms with Gasteiger partial charge in [0, 0.05) is 50.2 Å². The number of hydrogen-bond donors (Lipinski definition) is 0. The van der Waals surface area contributed by atoms with Gasteiger partial charge in [0.2, 0.25) is 0 Å². The number of benzene rings is 1. The number of pyridine rings is 1. The highest BCUT2D eigenvalue weighted by Gasteiger charge is 2.29. The maximum Gasteiger partial charge on any atom is 0.110 e. The van der Waals surface area contributed by atoms with Crippen LogP contribution in [0.15, 0.2) is 72.0 Å². The zero-order valence-corrected chi connectivity index (χ0v) is 18.5. The molecule has 3 heterocycles. The quantitative estimate of drug-likeness (QED) is 0.597. The molecule has 31 heavy (non-hydrogen) atoms. The largest absolute Gasteiger partial charge is 0.370 e. The molecule has 0 bridgehead atoms. The Morgan fingerprint density at radius 1 is 1.06 bits per heavy atom. The summed E-state index contributed by atoms with van der Waals surface area (Å²) >= 11 is 0. The molecule has 1 aliphatic carbocycles. The summed E-state index contributed by atoms with van der Waals surface area (Å²) in [6, 6.07) is 15.0. The number of aromatic nitrogens is 1. The van der Waals surface area contributed by atoms with Crippen LogP contribution in [-0.4, -0.2) is 42.3 Å². The summed E-state index contributed by atoms with van der Waals surface area (Å²) < 4.78 is 0. The first-order valence-electron chi connectivity index (χ1n) is 11.6. The summed E-state index contributed by atoms with van der Waals surface area (Å²) in [4.78, 5) is 14.5. The van der Waals surface area contributed by atoms with E-state index in [1.807, 2.05) is 12.3 Å². The van der Waals surface area contributed by atoms with Crippen molar-refractivity contribution in [1.82, 2.24) is 9.88 Å². The Bertz CT molecular complexity index is 995. The average Bonchev–Trinajstić information content (AvgIpc) is 3.65. The van der Waals surface area contributed by atoms with Crippen LogP contribution in [0.3, 0.4) is 0 Å².